The van der Waals surface area contributed by atoms with Gasteiger partial charge in [-0.2, -0.15) is 0 Å². The first-order chi connectivity index (χ1) is 10.7. The van der Waals surface area contributed by atoms with Crippen molar-refractivity contribution in [1.29, 1.82) is 0 Å². The minimum absolute atomic E-state index is 0.00392. The monoisotopic (exact) mass is 340 g/mol. The summed E-state index contributed by atoms with van der Waals surface area (Å²) < 4.78 is 24.6. The van der Waals surface area contributed by atoms with Crippen LogP contribution in [-0.2, 0) is 26.2 Å². The zero-order valence-corrected chi connectivity index (χ0v) is 13.6. The summed E-state index contributed by atoms with van der Waals surface area (Å²) in [6, 6.07) is 6.61. The lowest BCUT2D eigenvalue weighted by atomic mass is 9.66. The Bertz CT molecular complexity index is 693. The quantitative estimate of drug-likeness (QED) is 0.693. The minimum Gasteiger partial charge on any atom is -0.481 e. The fourth-order valence-electron chi connectivity index (χ4n) is 2.55. The maximum Gasteiger partial charge on any atom is 0.310 e. The van der Waals surface area contributed by atoms with Crippen LogP contribution in [0.3, 0.4) is 0 Å². The SMILES string of the molecule is CS(=O)(=O)Nc1ccc(CNC(=O)CC2(C(=O)O)CCC2)cc1. The Kier molecular flexibility index (Phi) is 4.93. The molecule has 0 aliphatic heterocycles. The second-order valence-electron chi connectivity index (χ2n) is 5.96. The van der Waals surface area contributed by atoms with E-state index in [-0.39, 0.29) is 18.9 Å². The molecule has 1 aromatic rings. The highest BCUT2D eigenvalue weighted by atomic mass is 32.2. The Labute approximate surface area is 135 Å². The second kappa shape index (κ2) is 6.57. The molecular weight excluding hydrogens is 320 g/mol. The first kappa shape index (κ1) is 17.3. The Hall–Kier alpha value is -2.09. The van der Waals surface area contributed by atoms with E-state index >= 15 is 0 Å². The van der Waals surface area contributed by atoms with Gasteiger partial charge in [0.25, 0.3) is 0 Å². The first-order valence-corrected chi connectivity index (χ1v) is 9.16. The van der Waals surface area contributed by atoms with Crippen molar-refractivity contribution < 1.29 is 23.1 Å². The first-order valence-electron chi connectivity index (χ1n) is 7.27. The number of rotatable bonds is 7. The molecule has 8 heteroatoms. The van der Waals surface area contributed by atoms with Gasteiger partial charge in [-0.1, -0.05) is 18.6 Å². The van der Waals surface area contributed by atoms with Crippen LogP contribution in [0.2, 0.25) is 0 Å². The highest BCUT2D eigenvalue weighted by Crippen LogP contribution is 2.44. The largest absolute Gasteiger partial charge is 0.481 e. The predicted molar refractivity (Wildman–Crippen MR) is 85.3 cm³/mol. The molecule has 0 aromatic heterocycles. The molecule has 3 N–H and O–H groups in total. The molecule has 2 rings (SSSR count). The van der Waals surface area contributed by atoms with Crippen molar-refractivity contribution in [3.8, 4) is 0 Å². The third-order valence-corrected chi connectivity index (χ3v) is 4.62. The van der Waals surface area contributed by atoms with Gasteiger partial charge >= 0.3 is 5.97 Å². The van der Waals surface area contributed by atoms with Gasteiger partial charge in [0, 0.05) is 18.7 Å². The van der Waals surface area contributed by atoms with Crippen LogP contribution >= 0.6 is 0 Å². The summed E-state index contributed by atoms with van der Waals surface area (Å²) >= 11 is 0. The van der Waals surface area contributed by atoms with Gasteiger partial charge in [0.15, 0.2) is 0 Å². The number of carboxylic acid groups (broad SMARTS) is 1. The van der Waals surface area contributed by atoms with Crippen molar-refractivity contribution in [2.75, 3.05) is 11.0 Å². The van der Waals surface area contributed by atoms with Crippen molar-refractivity contribution >= 4 is 27.6 Å². The number of amides is 1. The number of aliphatic carboxylic acids is 1. The van der Waals surface area contributed by atoms with E-state index in [4.69, 9.17) is 0 Å². The summed E-state index contributed by atoms with van der Waals surface area (Å²) in [5.74, 6) is -1.19. The molecule has 23 heavy (non-hydrogen) atoms. The molecule has 0 spiro atoms. The van der Waals surface area contributed by atoms with Crippen LogP contribution in [0.5, 0.6) is 0 Å². The van der Waals surface area contributed by atoms with Crippen LogP contribution in [0.15, 0.2) is 24.3 Å². The van der Waals surface area contributed by atoms with Crippen LogP contribution in [0, 0.1) is 5.41 Å². The number of carboxylic acids is 1. The van der Waals surface area contributed by atoms with Crippen LogP contribution in [0.1, 0.15) is 31.2 Å². The number of carbonyl (C=O) groups excluding carboxylic acids is 1. The van der Waals surface area contributed by atoms with Gasteiger partial charge in [0.05, 0.1) is 11.7 Å². The van der Waals surface area contributed by atoms with Gasteiger partial charge in [-0.25, -0.2) is 8.42 Å². The van der Waals surface area contributed by atoms with E-state index in [1.807, 2.05) is 0 Å². The number of hydrogen-bond donors (Lipinski definition) is 3. The number of benzene rings is 1. The molecule has 0 unspecified atom stereocenters. The maximum atomic E-state index is 11.9. The molecule has 1 fully saturated rings. The number of sulfonamides is 1. The minimum atomic E-state index is -3.32. The van der Waals surface area contributed by atoms with E-state index in [2.05, 4.69) is 10.0 Å². The lowest BCUT2D eigenvalue weighted by molar-refractivity contribution is -0.157. The number of nitrogens with one attached hydrogen (secondary N) is 2. The molecule has 1 aromatic carbocycles. The summed E-state index contributed by atoms with van der Waals surface area (Å²) in [5, 5.41) is 11.9. The van der Waals surface area contributed by atoms with Gasteiger partial charge in [0.1, 0.15) is 0 Å². The Balaban J connectivity index is 1.86. The van der Waals surface area contributed by atoms with Crippen molar-refractivity contribution in [2.24, 2.45) is 5.41 Å². The highest BCUT2D eigenvalue weighted by Gasteiger charge is 2.45. The highest BCUT2D eigenvalue weighted by molar-refractivity contribution is 7.92. The predicted octanol–water partition coefficient (Wildman–Crippen LogP) is 1.32. The van der Waals surface area contributed by atoms with Crippen molar-refractivity contribution in [3.63, 3.8) is 0 Å². The topological polar surface area (TPSA) is 113 Å². The summed E-state index contributed by atoms with van der Waals surface area (Å²) in [5.41, 5.74) is 0.352. The van der Waals surface area contributed by atoms with E-state index < -0.39 is 21.4 Å². The van der Waals surface area contributed by atoms with Gasteiger partial charge < -0.3 is 10.4 Å². The molecule has 0 bridgehead atoms. The Morgan fingerprint density at radius 3 is 2.26 bits per heavy atom. The molecule has 0 heterocycles. The zero-order chi connectivity index (χ0) is 17.1. The molecule has 126 valence electrons. The van der Waals surface area contributed by atoms with Gasteiger partial charge in [-0.15, -0.1) is 0 Å². The normalized spacial score (nSPS) is 16.2. The summed E-state index contributed by atoms with van der Waals surface area (Å²) in [6.07, 6.45) is 2.99. The molecule has 1 saturated carbocycles. The lowest BCUT2D eigenvalue weighted by Gasteiger charge is -2.36. The third kappa shape index (κ3) is 4.69. The van der Waals surface area contributed by atoms with Crippen molar-refractivity contribution in [1.82, 2.24) is 5.32 Å². The molecule has 1 amide bonds. The van der Waals surface area contributed by atoms with Gasteiger partial charge in [-0.3, -0.25) is 14.3 Å². The van der Waals surface area contributed by atoms with E-state index in [0.29, 0.717) is 18.5 Å². The molecule has 0 atom stereocenters. The van der Waals surface area contributed by atoms with Crippen LogP contribution in [0.25, 0.3) is 0 Å². The molecule has 0 saturated heterocycles. The molecule has 0 radical (unpaired) electrons. The number of hydrogen-bond acceptors (Lipinski definition) is 4. The molecule has 7 nitrogen and oxygen atoms in total. The smallest absolute Gasteiger partial charge is 0.310 e. The molecule has 1 aliphatic carbocycles. The third-order valence-electron chi connectivity index (χ3n) is 4.01. The molecular formula is C15H20N2O5S. The Morgan fingerprint density at radius 2 is 1.83 bits per heavy atom. The van der Waals surface area contributed by atoms with E-state index in [0.717, 1.165) is 18.2 Å². The summed E-state index contributed by atoms with van der Waals surface area (Å²) in [6.45, 7) is 0.272. The Morgan fingerprint density at radius 1 is 1.22 bits per heavy atom. The van der Waals surface area contributed by atoms with Gasteiger partial charge in [-0.05, 0) is 30.5 Å². The average Bonchev–Trinajstić information content (AvgIpc) is 2.40. The van der Waals surface area contributed by atoms with Gasteiger partial charge in [0.2, 0.25) is 15.9 Å². The summed E-state index contributed by atoms with van der Waals surface area (Å²) in [7, 11) is -3.32. The number of carbonyl (C=O) groups is 2. The lowest BCUT2D eigenvalue weighted by Crippen LogP contribution is -2.42. The standard InChI is InChI=1S/C15H20N2O5S/c1-23(21,22)17-12-5-3-11(4-6-12)10-16-13(18)9-15(14(19)20)7-2-8-15/h3-6,17H,2,7-10H2,1H3,(H,16,18)(H,19,20). The van der Waals surface area contributed by atoms with Crippen LogP contribution in [-0.4, -0.2) is 31.7 Å². The maximum absolute atomic E-state index is 11.9. The average molecular weight is 340 g/mol. The van der Waals surface area contributed by atoms with E-state index in [9.17, 15) is 23.1 Å². The van der Waals surface area contributed by atoms with Crippen molar-refractivity contribution in [2.45, 2.75) is 32.2 Å². The van der Waals surface area contributed by atoms with Crippen molar-refractivity contribution in [3.05, 3.63) is 29.8 Å². The fraction of sp³-hybridized carbons (Fsp3) is 0.467. The van der Waals surface area contributed by atoms with Crippen LogP contribution in [0.4, 0.5) is 5.69 Å². The summed E-state index contributed by atoms with van der Waals surface area (Å²) in [4.78, 5) is 23.1. The fourth-order valence-corrected chi connectivity index (χ4v) is 3.11. The van der Waals surface area contributed by atoms with E-state index in [1.54, 1.807) is 24.3 Å². The van der Waals surface area contributed by atoms with Crippen LogP contribution < -0.4 is 10.0 Å². The second-order valence-corrected chi connectivity index (χ2v) is 7.71. The van der Waals surface area contributed by atoms with E-state index in [1.165, 1.54) is 0 Å². The number of anilines is 1. The molecule has 1 aliphatic rings. The zero-order valence-electron chi connectivity index (χ0n) is 12.8.